The summed E-state index contributed by atoms with van der Waals surface area (Å²) in [6.07, 6.45) is -1.25. The van der Waals surface area contributed by atoms with Crippen molar-refractivity contribution in [1.29, 1.82) is 0 Å². The van der Waals surface area contributed by atoms with Crippen molar-refractivity contribution in [2.45, 2.75) is 58.3 Å². The molecule has 8 heteroatoms. The van der Waals surface area contributed by atoms with E-state index in [0.717, 1.165) is 25.8 Å². The van der Waals surface area contributed by atoms with Crippen molar-refractivity contribution in [1.82, 2.24) is 14.7 Å². The summed E-state index contributed by atoms with van der Waals surface area (Å²) in [5, 5.41) is 3.59. The summed E-state index contributed by atoms with van der Waals surface area (Å²) in [4.78, 5) is 14.1. The van der Waals surface area contributed by atoms with E-state index in [-0.39, 0.29) is 29.4 Å². The number of halogens is 4. The largest absolute Gasteiger partial charge is 0.436 e. The molecule has 0 unspecified atom stereocenters. The number of likely N-dealkylation sites (tertiary alicyclic amines) is 1. The third-order valence-electron chi connectivity index (χ3n) is 4.06. The maximum absolute atomic E-state index is 12.8. The fourth-order valence-electron chi connectivity index (χ4n) is 2.74. The van der Waals surface area contributed by atoms with Gasteiger partial charge in [0, 0.05) is 19.0 Å². The molecule has 1 saturated heterocycles. The molecule has 0 N–H and O–H groups in total. The summed E-state index contributed by atoms with van der Waals surface area (Å²) in [5.74, 6) is -0.0215. The van der Waals surface area contributed by atoms with E-state index in [9.17, 15) is 18.0 Å². The van der Waals surface area contributed by atoms with Crippen LogP contribution in [-0.2, 0) is 17.5 Å². The second-order valence-corrected chi connectivity index (χ2v) is 6.44. The lowest BCUT2D eigenvalue weighted by molar-refractivity contribution is -0.142. The van der Waals surface area contributed by atoms with Gasteiger partial charge in [-0.15, -0.1) is 0 Å². The molecular formula is C14H19BrF3N3O. The molecule has 0 bridgehead atoms. The maximum atomic E-state index is 12.8. The molecule has 4 nitrogen and oxygen atoms in total. The van der Waals surface area contributed by atoms with Crippen molar-refractivity contribution in [3.63, 3.8) is 0 Å². The van der Waals surface area contributed by atoms with Crippen molar-refractivity contribution in [2.24, 2.45) is 0 Å². The van der Waals surface area contributed by atoms with Gasteiger partial charge in [-0.3, -0.25) is 9.48 Å². The van der Waals surface area contributed by atoms with Crippen molar-refractivity contribution in [3.8, 4) is 0 Å². The zero-order chi connectivity index (χ0) is 16.5. The van der Waals surface area contributed by atoms with Crippen LogP contribution >= 0.6 is 15.9 Å². The predicted molar refractivity (Wildman–Crippen MR) is 79.3 cm³/mol. The van der Waals surface area contributed by atoms with Crippen LogP contribution in [-0.4, -0.2) is 33.2 Å². The molecule has 1 aromatic rings. The number of aromatic nitrogens is 2. The highest BCUT2D eigenvalue weighted by atomic mass is 79.9. The highest BCUT2D eigenvalue weighted by molar-refractivity contribution is 9.10. The lowest BCUT2D eigenvalue weighted by Crippen LogP contribution is -2.42. The van der Waals surface area contributed by atoms with Gasteiger partial charge in [-0.1, -0.05) is 0 Å². The number of hydrogen-bond acceptors (Lipinski definition) is 2. The minimum atomic E-state index is -4.50. The molecule has 124 valence electrons. The van der Waals surface area contributed by atoms with E-state index < -0.39 is 11.9 Å². The highest BCUT2D eigenvalue weighted by Gasteiger charge is 2.38. The Kier molecular flexibility index (Phi) is 5.19. The van der Waals surface area contributed by atoms with E-state index in [0.29, 0.717) is 5.69 Å². The third-order valence-corrected chi connectivity index (χ3v) is 5.01. The van der Waals surface area contributed by atoms with Crippen LogP contribution in [0.3, 0.4) is 0 Å². The molecule has 1 aliphatic rings. The Morgan fingerprint density at radius 1 is 1.41 bits per heavy atom. The number of aryl methyl sites for hydroxylation is 1. The SMILES string of the molecule is Cc1c(Br)c(C(F)(F)F)nn1CCC(=O)N1CCCC[C@@H]1C. The zero-order valence-electron chi connectivity index (χ0n) is 12.6. The topological polar surface area (TPSA) is 38.1 Å². The number of carbonyl (C=O) groups excluding carboxylic acids is 1. The van der Waals surface area contributed by atoms with Gasteiger partial charge in [0.15, 0.2) is 5.69 Å². The molecule has 0 aromatic carbocycles. The van der Waals surface area contributed by atoms with E-state index in [2.05, 4.69) is 21.0 Å². The molecule has 1 aliphatic heterocycles. The fraction of sp³-hybridized carbons (Fsp3) is 0.714. The monoisotopic (exact) mass is 381 g/mol. The Morgan fingerprint density at radius 2 is 2.09 bits per heavy atom. The first-order chi connectivity index (χ1) is 10.2. The van der Waals surface area contributed by atoms with E-state index in [1.807, 2.05) is 11.8 Å². The van der Waals surface area contributed by atoms with Crippen molar-refractivity contribution in [2.75, 3.05) is 6.54 Å². The number of piperidine rings is 1. The van der Waals surface area contributed by atoms with Crippen LogP contribution in [0, 0.1) is 6.92 Å². The minimum absolute atomic E-state index is 0.0215. The van der Waals surface area contributed by atoms with Gasteiger partial charge in [-0.05, 0) is 49.0 Å². The van der Waals surface area contributed by atoms with Crippen LogP contribution in [0.5, 0.6) is 0 Å². The molecule has 1 amide bonds. The zero-order valence-corrected chi connectivity index (χ0v) is 14.2. The van der Waals surface area contributed by atoms with Gasteiger partial charge < -0.3 is 4.90 Å². The van der Waals surface area contributed by atoms with Crippen LogP contribution in [0.15, 0.2) is 4.47 Å². The molecule has 1 atom stereocenters. The first-order valence-corrected chi connectivity index (χ1v) is 8.10. The van der Waals surface area contributed by atoms with Crippen LogP contribution in [0.25, 0.3) is 0 Å². The second kappa shape index (κ2) is 6.60. The molecule has 0 aliphatic carbocycles. The quantitative estimate of drug-likeness (QED) is 0.799. The number of rotatable bonds is 3. The smallest absolute Gasteiger partial charge is 0.340 e. The summed E-state index contributed by atoms with van der Waals surface area (Å²) < 4.78 is 39.6. The van der Waals surface area contributed by atoms with Gasteiger partial charge in [0.1, 0.15) is 0 Å². The first-order valence-electron chi connectivity index (χ1n) is 7.31. The summed E-state index contributed by atoms with van der Waals surface area (Å²) in [6, 6.07) is 0.206. The molecule has 1 aromatic heterocycles. The van der Waals surface area contributed by atoms with Gasteiger partial charge in [0.25, 0.3) is 0 Å². The van der Waals surface area contributed by atoms with Crippen LogP contribution in [0.1, 0.15) is 44.0 Å². The minimum Gasteiger partial charge on any atom is -0.340 e. The molecule has 0 saturated carbocycles. The van der Waals surface area contributed by atoms with Crippen LogP contribution in [0.2, 0.25) is 0 Å². The van der Waals surface area contributed by atoms with Gasteiger partial charge in [-0.25, -0.2) is 0 Å². The summed E-state index contributed by atoms with van der Waals surface area (Å²) in [6.45, 7) is 4.45. The third kappa shape index (κ3) is 3.64. The maximum Gasteiger partial charge on any atom is 0.436 e. The number of nitrogens with zero attached hydrogens (tertiary/aromatic N) is 3. The number of hydrogen-bond donors (Lipinski definition) is 0. The predicted octanol–water partition coefficient (Wildman–Crippen LogP) is 3.76. The summed E-state index contributed by atoms with van der Waals surface area (Å²) in [7, 11) is 0. The van der Waals surface area contributed by atoms with Gasteiger partial charge in [-0.2, -0.15) is 18.3 Å². The molecule has 0 radical (unpaired) electrons. The number of carbonyl (C=O) groups is 1. The lowest BCUT2D eigenvalue weighted by atomic mass is 10.0. The van der Waals surface area contributed by atoms with Gasteiger partial charge >= 0.3 is 6.18 Å². The van der Waals surface area contributed by atoms with Crippen molar-refractivity contribution < 1.29 is 18.0 Å². The number of amides is 1. The normalized spacial score (nSPS) is 19.5. The van der Waals surface area contributed by atoms with Crippen LogP contribution in [0.4, 0.5) is 13.2 Å². The second-order valence-electron chi connectivity index (χ2n) is 5.65. The molecule has 2 heterocycles. The van der Waals surface area contributed by atoms with Crippen molar-refractivity contribution in [3.05, 3.63) is 15.9 Å². The Hall–Kier alpha value is -1.05. The fourth-order valence-corrected chi connectivity index (χ4v) is 3.25. The lowest BCUT2D eigenvalue weighted by Gasteiger charge is -2.33. The molecule has 2 rings (SSSR count). The van der Waals surface area contributed by atoms with Crippen LogP contribution < -0.4 is 0 Å². The van der Waals surface area contributed by atoms with Gasteiger partial charge in [0.2, 0.25) is 5.91 Å². The number of alkyl halides is 3. The Morgan fingerprint density at radius 3 is 2.64 bits per heavy atom. The summed E-state index contributed by atoms with van der Waals surface area (Å²) >= 11 is 2.93. The Bertz CT molecular complexity index is 556. The summed E-state index contributed by atoms with van der Waals surface area (Å²) in [5.41, 5.74) is -0.560. The Labute approximate surface area is 135 Å². The van der Waals surface area contributed by atoms with Crippen molar-refractivity contribution >= 4 is 21.8 Å². The molecule has 22 heavy (non-hydrogen) atoms. The van der Waals surface area contributed by atoms with E-state index in [1.54, 1.807) is 6.92 Å². The highest BCUT2D eigenvalue weighted by Crippen LogP contribution is 2.35. The first kappa shape index (κ1) is 17.3. The average molecular weight is 382 g/mol. The van der Waals surface area contributed by atoms with E-state index >= 15 is 0 Å². The van der Waals surface area contributed by atoms with E-state index in [4.69, 9.17) is 0 Å². The molecule has 0 spiro atoms. The molecule has 1 fully saturated rings. The standard InChI is InChI=1S/C14H19BrF3N3O/c1-9-5-3-4-7-20(9)11(22)6-8-21-10(2)12(15)13(19-21)14(16,17)18/h9H,3-8H2,1-2H3/t9-/m0/s1. The van der Waals surface area contributed by atoms with Gasteiger partial charge in [0.05, 0.1) is 16.7 Å². The molecular weight excluding hydrogens is 363 g/mol. The average Bonchev–Trinajstić information content (AvgIpc) is 2.73. The Balaban J connectivity index is 2.04. The van der Waals surface area contributed by atoms with E-state index in [1.165, 1.54) is 4.68 Å².